The van der Waals surface area contributed by atoms with Gasteiger partial charge in [0.25, 0.3) is 0 Å². The molecule has 0 atom stereocenters. The highest BCUT2D eigenvalue weighted by Gasteiger charge is 2.41. The zero-order valence-corrected chi connectivity index (χ0v) is 15.6. The summed E-state index contributed by atoms with van der Waals surface area (Å²) in [5.41, 5.74) is 1.06. The van der Waals surface area contributed by atoms with Crippen LogP contribution in [0.4, 0.5) is 26.1 Å². The number of carbonyl (C=O) groups is 1. The minimum Gasteiger partial charge on any atom is -0.353 e. The number of benzene rings is 1. The van der Waals surface area contributed by atoms with Gasteiger partial charge in [-0.2, -0.15) is 0 Å². The maximum absolute atomic E-state index is 14.2. The smallest absolute Gasteiger partial charge is 0.222 e. The van der Waals surface area contributed by atoms with Gasteiger partial charge in [-0.25, -0.2) is 18.7 Å². The van der Waals surface area contributed by atoms with Gasteiger partial charge >= 0.3 is 0 Å². The molecule has 2 aromatic heterocycles. The van der Waals surface area contributed by atoms with Crippen molar-refractivity contribution in [2.24, 2.45) is 0 Å². The molecule has 0 spiro atoms. The van der Waals surface area contributed by atoms with Gasteiger partial charge in [0, 0.05) is 23.8 Å². The molecule has 6 nitrogen and oxygen atoms in total. The molecule has 29 heavy (non-hydrogen) atoms. The van der Waals surface area contributed by atoms with Gasteiger partial charge in [0.1, 0.15) is 11.6 Å². The second-order valence-electron chi connectivity index (χ2n) is 7.04. The lowest BCUT2D eigenvalue weighted by Crippen LogP contribution is -2.42. The van der Waals surface area contributed by atoms with Gasteiger partial charge in [0.15, 0.2) is 0 Å². The van der Waals surface area contributed by atoms with Crippen LogP contribution in [0, 0.1) is 11.6 Å². The SMILES string of the molecule is O=CN(c1ccc(F)cc1)c1cnc(NCC2(c3ncccc3F)CCC2)nc1. The summed E-state index contributed by atoms with van der Waals surface area (Å²) in [5.74, 6) is -0.308. The normalized spacial score (nSPS) is 14.7. The highest BCUT2D eigenvalue weighted by atomic mass is 19.1. The van der Waals surface area contributed by atoms with E-state index in [1.54, 1.807) is 12.3 Å². The largest absolute Gasteiger partial charge is 0.353 e. The van der Waals surface area contributed by atoms with Gasteiger partial charge in [0.2, 0.25) is 12.4 Å². The van der Waals surface area contributed by atoms with Crippen LogP contribution in [0.5, 0.6) is 0 Å². The predicted octanol–water partition coefficient (Wildman–Crippen LogP) is 3.98. The van der Waals surface area contributed by atoms with Crippen molar-refractivity contribution in [2.45, 2.75) is 24.7 Å². The van der Waals surface area contributed by atoms with E-state index in [4.69, 9.17) is 0 Å². The average Bonchev–Trinajstić information content (AvgIpc) is 2.71. The van der Waals surface area contributed by atoms with Crippen LogP contribution in [0.15, 0.2) is 55.0 Å². The Morgan fingerprint density at radius 1 is 1.03 bits per heavy atom. The molecule has 1 fully saturated rings. The third-order valence-electron chi connectivity index (χ3n) is 5.28. The van der Waals surface area contributed by atoms with Crippen LogP contribution >= 0.6 is 0 Å². The number of anilines is 3. The zero-order valence-electron chi connectivity index (χ0n) is 15.6. The zero-order chi connectivity index (χ0) is 20.3. The van der Waals surface area contributed by atoms with Gasteiger partial charge in [-0.1, -0.05) is 6.42 Å². The van der Waals surface area contributed by atoms with E-state index in [-0.39, 0.29) is 17.0 Å². The molecule has 1 amide bonds. The summed E-state index contributed by atoms with van der Waals surface area (Å²) in [6, 6.07) is 8.56. The van der Waals surface area contributed by atoms with Gasteiger partial charge in [0.05, 0.1) is 23.8 Å². The van der Waals surface area contributed by atoms with Gasteiger partial charge in [-0.15, -0.1) is 0 Å². The number of carbonyl (C=O) groups excluding carboxylic acids is 1. The third-order valence-corrected chi connectivity index (χ3v) is 5.28. The number of nitrogens with zero attached hydrogens (tertiary/aromatic N) is 4. The summed E-state index contributed by atoms with van der Waals surface area (Å²) in [7, 11) is 0. The molecular formula is C21H19F2N5O. The molecule has 4 rings (SSSR count). The molecule has 1 aliphatic carbocycles. The number of halogens is 2. The molecule has 1 aromatic carbocycles. The summed E-state index contributed by atoms with van der Waals surface area (Å²) >= 11 is 0. The highest BCUT2D eigenvalue weighted by molar-refractivity contribution is 5.85. The van der Waals surface area contributed by atoms with Crippen molar-refractivity contribution in [2.75, 3.05) is 16.8 Å². The lowest BCUT2D eigenvalue weighted by molar-refractivity contribution is -0.106. The Morgan fingerprint density at radius 3 is 2.34 bits per heavy atom. The first-order valence-corrected chi connectivity index (χ1v) is 9.28. The molecule has 0 unspecified atom stereocenters. The highest BCUT2D eigenvalue weighted by Crippen LogP contribution is 2.43. The molecule has 0 aliphatic heterocycles. The van der Waals surface area contributed by atoms with E-state index in [2.05, 4.69) is 20.3 Å². The van der Waals surface area contributed by atoms with Crippen LogP contribution in [0.3, 0.4) is 0 Å². The Hall–Kier alpha value is -3.42. The maximum atomic E-state index is 14.2. The maximum Gasteiger partial charge on any atom is 0.222 e. The lowest BCUT2D eigenvalue weighted by atomic mass is 9.66. The number of nitrogens with one attached hydrogen (secondary N) is 1. The van der Waals surface area contributed by atoms with Crippen LogP contribution in [0.2, 0.25) is 0 Å². The quantitative estimate of drug-likeness (QED) is 0.613. The predicted molar refractivity (Wildman–Crippen MR) is 105 cm³/mol. The van der Waals surface area contributed by atoms with Crippen LogP contribution in [0.25, 0.3) is 0 Å². The number of rotatable bonds is 7. The van der Waals surface area contributed by atoms with Gasteiger partial charge in [-0.3, -0.25) is 14.7 Å². The van der Waals surface area contributed by atoms with Crippen molar-refractivity contribution in [3.8, 4) is 0 Å². The van der Waals surface area contributed by atoms with E-state index in [9.17, 15) is 13.6 Å². The van der Waals surface area contributed by atoms with E-state index in [1.165, 1.54) is 47.6 Å². The minimum absolute atomic E-state index is 0.300. The fourth-order valence-electron chi connectivity index (χ4n) is 3.53. The second-order valence-corrected chi connectivity index (χ2v) is 7.04. The Labute approximate surface area is 166 Å². The number of pyridine rings is 1. The van der Waals surface area contributed by atoms with Crippen LogP contribution in [0.1, 0.15) is 25.0 Å². The molecule has 1 aliphatic rings. The molecule has 1 N–H and O–H groups in total. The molecule has 0 saturated heterocycles. The average molecular weight is 395 g/mol. The first kappa shape index (κ1) is 18.9. The standard InChI is InChI=1S/C21H19F2N5O/c22-15-4-6-16(7-5-15)28(14-29)17-11-25-20(26-12-17)27-13-21(8-2-9-21)19-18(23)3-1-10-24-19/h1,3-7,10-12,14H,2,8-9,13H2,(H,25,26,27). The van der Waals surface area contributed by atoms with E-state index < -0.39 is 0 Å². The number of amides is 1. The van der Waals surface area contributed by atoms with Crippen LogP contribution < -0.4 is 10.2 Å². The van der Waals surface area contributed by atoms with Crippen LogP contribution in [-0.2, 0) is 10.2 Å². The molecule has 148 valence electrons. The Balaban J connectivity index is 1.47. The molecule has 8 heteroatoms. The molecule has 0 radical (unpaired) electrons. The lowest BCUT2D eigenvalue weighted by Gasteiger charge is -2.41. The summed E-state index contributed by atoms with van der Waals surface area (Å²) in [6.07, 6.45) is 7.93. The Bertz CT molecular complexity index is 991. The van der Waals surface area contributed by atoms with Crippen molar-refractivity contribution in [1.82, 2.24) is 15.0 Å². The minimum atomic E-state index is -0.385. The fourth-order valence-corrected chi connectivity index (χ4v) is 3.53. The van der Waals surface area contributed by atoms with Gasteiger partial charge < -0.3 is 5.32 Å². The summed E-state index contributed by atoms with van der Waals surface area (Å²) in [4.78, 5) is 25.6. The van der Waals surface area contributed by atoms with Crippen molar-refractivity contribution < 1.29 is 13.6 Å². The Morgan fingerprint density at radius 2 is 1.76 bits per heavy atom. The van der Waals surface area contributed by atoms with Crippen molar-refractivity contribution >= 4 is 23.7 Å². The first-order valence-electron chi connectivity index (χ1n) is 9.28. The summed E-state index contributed by atoms with van der Waals surface area (Å²) in [5, 5.41) is 3.16. The van der Waals surface area contributed by atoms with E-state index in [1.807, 2.05) is 0 Å². The first-order chi connectivity index (χ1) is 14.1. The van der Waals surface area contributed by atoms with E-state index >= 15 is 0 Å². The summed E-state index contributed by atoms with van der Waals surface area (Å²) < 4.78 is 27.3. The van der Waals surface area contributed by atoms with E-state index in [0.29, 0.717) is 36.0 Å². The van der Waals surface area contributed by atoms with Crippen LogP contribution in [-0.4, -0.2) is 27.9 Å². The number of aromatic nitrogens is 3. The molecule has 3 aromatic rings. The van der Waals surface area contributed by atoms with Crippen molar-refractivity contribution in [3.63, 3.8) is 0 Å². The summed E-state index contributed by atoms with van der Waals surface area (Å²) in [6.45, 7) is 0.468. The topological polar surface area (TPSA) is 71.0 Å². The molecule has 1 saturated carbocycles. The molecule has 0 bridgehead atoms. The second kappa shape index (κ2) is 7.90. The fraction of sp³-hybridized carbons (Fsp3) is 0.238. The molecule has 2 heterocycles. The molecular weight excluding hydrogens is 376 g/mol. The van der Waals surface area contributed by atoms with Crippen molar-refractivity contribution in [1.29, 1.82) is 0 Å². The number of hydrogen-bond donors (Lipinski definition) is 1. The monoisotopic (exact) mass is 395 g/mol. The number of hydrogen-bond acceptors (Lipinski definition) is 5. The Kier molecular flexibility index (Phi) is 5.16. The third kappa shape index (κ3) is 3.78. The van der Waals surface area contributed by atoms with E-state index in [0.717, 1.165) is 19.3 Å². The van der Waals surface area contributed by atoms with Crippen molar-refractivity contribution in [3.05, 3.63) is 72.3 Å². The van der Waals surface area contributed by atoms with Gasteiger partial charge in [-0.05, 0) is 49.2 Å².